The highest BCUT2D eigenvalue weighted by atomic mass is 16.6. The Labute approximate surface area is 60.6 Å². The molecule has 0 bridgehead atoms. The van der Waals surface area contributed by atoms with Crippen LogP contribution in [0.1, 0.15) is 33.1 Å². The third kappa shape index (κ3) is 0.511. The van der Waals surface area contributed by atoms with Crippen molar-refractivity contribution >= 4 is 5.78 Å². The van der Waals surface area contributed by atoms with Gasteiger partial charge in [0.25, 0.3) is 0 Å². The molecule has 0 aromatic rings. The fraction of sp³-hybridized carbons (Fsp3) is 0.875. The molecule has 1 saturated heterocycles. The molecule has 56 valence electrons. The number of hydrogen-bond donors (Lipinski definition) is 0. The van der Waals surface area contributed by atoms with E-state index in [-0.39, 0.29) is 11.2 Å². The van der Waals surface area contributed by atoms with Gasteiger partial charge in [-0.3, -0.25) is 4.79 Å². The predicted octanol–water partition coefficient (Wildman–Crippen LogP) is 1.29. The molecule has 1 heterocycles. The van der Waals surface area contributed by atoms with Crippen molar-refractivity contribution < 1.29 is 9.53 Å². The molecule has 1 unspecified atom stereocenters. The van der Waals surface area contributed by atoms with Crippen LogP contribution < -0.4 is 0 Å². The highest BCUT2D eigenvalue weighted by Gasteiger charge is 2.69. The quantitative estimate of drug-likeness (QED) is 0.474. The average molecular weight is 140 g/mol. The van der Waals surface area contributed by atoms with E-state index in [0.29, 0.717) is 5.78 Å². The van der Waals surface area contributed by atoms with Gasteiger partial charge in [-0.05, 0) is 26.7 Å². The van der Waals surface area contributed by atoms with Crippen LogP contribution in [-0.2, 0) is 9.53 Å². The molecule has 2 aliphatic rings. The SMILES string of the molecule is CC1(C)OC12CCCC2=O. The van der Waals surface area contributed by atoms with E-state index < -0.39 is 0 Å². The summed E-state index contributed by atoms with van der Waals surface area (Å²) in [4.78, 5) is 11.2. The minimum Gasteiger partial charge on any atom is -0.355 e. The summed E-state index contributed by atoms with van der Waals surface area (Å²) in [6, 6.07) is 0. The van der Waals surface area contributed by atoms with Crippen molar-refractivity contribution in [3.05, 3.63) is 0 Å². The summed E-state index contributed by atoms with van der Waals surface area (Å²) in [5, 5.41) is 0. The maximum atomic E-state index is 11.2. The van der Waals surface area contributed by atoms with Crippen LogP contribution in [0.15, 0.2) is 0 Å². The standard InChI is InChI=1S/C8H12O2/c1-7(2)8(10-7)5-3-4-6(8)9/h3-5H2,1-2H3. The molecule has 0 aromatic heterocycles. The van der Waals surface area contributed by atoms with Crippen molar-refractivity contribution in [3.8, 4) is 0 Å². The molecule has 1 aliphatic carbocycles. The van der Waals surface area contributed by atoms with E-state index in [1.165, 1.54) is 0 Å². The van der Waals surface area contributed by atoms with E-state index in [1.54, 1.807) is 0 Å². The van der Waals surface area contributed by atoms with Crippen LogP contribution in [0.2, 0.25) is 0 Å². The van der Waals surface area contributed by atoms with Crippen LogP contribution >= 0.6 is 0 Å². The van der Waals surface area contributed by atoms with Crippen LogP contribution in [0.3, 0.4) is 0 Å². The van der Waals surface area contributed by atoms with Gasteiger partial charge in [0.2, 0.25) is 0 Å². The Morgan fingerprint density at radius 2 is 2.10 bits per heavy atom. The second kappa shape index (κ2) is 1.45. The van der Waals surface area contributed by atoms with Gasteiger partial charge in [0.1, 0.15) is 5.60 Å². The number of carbonyl (C=O) groups excluding carboxylic acids is 1. The Bertz CT molecular complexity index is 191. The first-order valence-corrected chi connectivity index (χ1v) is 3.82. The number of ether oxygens (including phenoxy) is 1. The van der Waals surface area contributed by atoms with Crippen molar-refractivity contribution in [3.63, 3.8) is 0 Å². The first-order valence-electron chi connectivity index (χ1n) is 3.82. The molecule has 2 heteroatoms. The molecule has 0 N–H and O–H groups in total. The van der Waals surface area contributed by atoms with Gasteiger partial charge in [-0.25, -0.2) is 0 Å². The number of ketones is 1. The van der Waals surface area contributed by atoms with Gasteiger partial charge in [-0.2, -0.15) is 0 Å². The van der Waals surface area contributed by atoms with Crippen molar-refractivity contribution in [2.75, 3.05) is 0 Å². The van der Waals surface area contributed by atoms with Gasteiger partial charge in [0.05, 0.1) is 0 Å². The molecule has 0 aromatic carbocycles. The summed E-state index contributed by atoms with van der Waals surface area (Å²) in [7, 11) is 0. The fourth-order valence-corrected chi connectivity index (χ4v) is 1.99. The van der Waals surface area contributed by atoms with Crippen molar-refractivity contribution in [2.24, 2.45) is 0 Å². The van der Waals surface area contributed by atoms with Gasteiger partial charge >= 0.3 is 0 Å². The van der Waals surface area contributed by atoms with Crippen LogP contribution in [0, 0.1) is 0 Å². The minimum absolute atomic E-state index is 0.152. The second-order valence-corrected chi connectivity index (χ2v) is 3.72. The molecule has 1 spiro atoms. The molecule has 1 atom stereocenters. The van der Waals surface area contributed by atoms with Gasteiger partial charge < -0.3 is 4.74 Å². The summed E-state index contributed by atoms with van der Waals surface area (Å²) in [6.45, 7) is 3.99. The Morgan fingerprint density at radius 3 is 2.30 bits per heavy atom. The highest BCUT2D eigenvalue weighted by Crippen LogP contribution is 2.55. The molecule has 2 rings (SSSR count). The summed E-state index contributed by atoms with van der Waals surface area (Å²) in [5.74, 6) is 0.317. The summed E-state index contributed by atoms with van der Waals surface area (Å²) in [5.41, 5.74) is -0.492. The minimum atomic E-state index is -0.340. The lowest BCUT2D eigenvalue weighted by Crippen LogP contribution is -2.24. The Hall–Kier alpha value is -0.370. The lowest BCUT2D eigenvalue weighted by Gasteiger charge is -2.01. The summed E-state index contributed by atoms with van der Waals surface area (Å²) < 4.78 is 5.42. The van der Waals surface area contributed by atoms with E-state index in [0.717, 1.165) is 19.3 Å². The number of rotatable bonds is 0. The third-order valence-electron chi connectivity index (χ3n) is 2.74. The van der Waals surface area contributed by atoms with E-state index in [1.807, 2.05) is 13.8 Å². The first-order chi connectivity index (χ1) is 4.58. The van der Waals surface area contributed by atoms with E-state index in [4.69, 9.17) is 4.74 Å². The molecule has 2 nitrogen and oxygen atoms in total. The largest absolute Gasteiger partial charge is 0.355 e. The van der Waals surface area contributed by atoms with Crippen LogP contribution in [0.25, 0.3) is 0 Å². The summed E-state index contributed by atoms with van der Waals surface area (Å²) in [6.07, 6.45) is 2.69. The van der Waals surface area contributed by atoms with Gasteiger partial charge in [0.15, 0.2) is 11.4 Å². The molecular weight excluding hydrogens is 128 g/mol. The number of epoxide rings is 1. The normalized spacial score (nSPS) is 42.8. The Morgan fingerprint density at radius 1 is 1.50 bits per heavy atom. The fourth-order valence-electron chi connectivity index (χ4n) is 1.99. The van der Waals surface area contributed by atoms with Crippen molar-refractivity contribution in [2.45, 2.75) is 44.3 Å². The number of carbonyl (C=O) groups is 1. The van der Waals surface area contributed by atoms with E-state index in [2.05, 4.69) is 0 Å². The molecular formula is C8H12O2. The first kappa shape index (κ1) is 6.35. The van der Waals surface area contributed by atoms with Crippen LogP contribution in [0.5, 0.6) is 0 Å². The predicted molar refractivity (Wildman–Crippen MR) is 36.8 cm³/mol. The zero-order chi connectivity index (χ0) is 7.41. The Kier molecular flexibility index (Phi) is 0.919. The topological polar surface area (TPSA) is 29.6 Å². The zero-order valence-electron chi connectivity index (χ0n) is 6.44. The molecule has 1 saturated carbocycles. The van der Waals surface area contributed by atoms with E-state index in [9.17, 15) is 4.79 Å². The highest BCUT2D eigenvalue weighted by molar-refractivity contribution is 5.93. The number of hydrogen-bond acceptors (Lipinski definition) is 2. The van der Waals surface area contributed by atoms with E-state index >= 15 is 0 Å². The monoisotopic (exact) mass is 140 g/mol. The molecule has 0 amide bonds. The van der Waals surface area contributed by atoms with Crippen LogP contribution in [-0.4, -0.2) is 17.0 Å². The van der Waals surface area contributed by atoms with Gasteiger partial charge in [-0.1, -0.05) is 0 Å². The van der Waals surface area contributed by atoms with Crippen LogP contribution in [0.4, 0.5) is 0 Å². The molecule has 10 heavy (non-hydrogen) atoms. The lowest BCUT2D eigenvalue weighted by molar-refractivity contribution is -0.121. The Balaban J connectivity index is 2.27. The molecule has 0 radical (unpaired) electrons. The second-order valence-electron chi connectivity index (χ2n) is 3.72. The maximum Gasteiger partial charge on any atom is 0.167 e. The smallest absolute Gasteiger partial charge is 0.167 e. The molecule has 2 fully saturated rings. The zero-order valence-corrected chi connectivity index (χ0v) is 6.44. The number of Topliss-reactive ketones (excluding diaryl/α,β-unsaturated/α-hetero) is 1. The summed E-state index contributed by atoms with van der Waals surface area (Å²) >= 11 is 0. The lowest BCUT2D eigenvalue weighted by atomic mass is 9.94. The third-order valence-corrected chi connectivity index (χ3v) is 2.74. The molecule has 1 aliphatic heterocycles. The van der Waals surface area contributed by atoms with Crippen molar-refractivity contribution in [1.29, 1.82) is 0 Å². The van der Waals surface area contributed by atoms with Crippen molar-refractivity contribution in [1.82, 2.24) is 0 Å². The average Bonchev–Trinajstić information content (AvgIpc) is 2.12. The maximum absolute atomic E-state index is 11.2. The van der Waals surface area contributed by atoms with Gasteiger partial charge in [0, 0.05) is 6.42 Å². The van der Waals surface area contributed by atoms with Gasteiger partial charge in [-0.15, -0.1) is 0 Å².